The van der Waals surface area contributed by atoms with E-state index in [0.29, 0.717) is 5.92 Å². The van der Waals surface area contributed by atoms with Gasteiger partial charge in [-0.05, 0) is 24.8 Å². The molecule has 2 saturated heterocycles. The van der Waals surface area contributed by atoms with Gasteiger partial charge in [0.25, 0.3) is 0 Å². The van der Waals surface area contributed by atoms with Crippen LogP contribution in [0.4, 0.5) is 0 Å². The predicted molar refractivity (Wildman–Crippen MR) is 62.0 cm³/mol. The number of hydrogen-bond acceptors (Lipinski definition) is 3. The van der Waals surface area contributed by atoms with Crippen LogP contribution in [0.1, 0.15) is 20.3 Å². The van der Waals surface area contributed by atoms with Crippen molar-refractivity contribution in [2.75, 3.05) is 39.4 Å². The molecule has 0 spiro atoms. The lowest BCUT2D eigenvalue weighted by molar-refractivity contribution is 0.0897. The second-order valence-electron chi connectivity index (χ2n) is 5.34. The Morgan fingerprint density at radius 3 is 3.00 bits per heavy atom. The first-order chi connectivity index (χ1) is 7.25. The van der Waals surface area contributed by atoms with Gasteiger partial charge in [0.2, 0.25) is 0 Å². The van der Waals surface area contributed by atoms with Gasteiger partial charge in [-0.15, -0.1) is 0 Å². The van der Waals surface area contributed by atoms with E-state index < -0.39 is 0 Å². The van der Waals surface area contributed by atoms with Gasteiger partial charge < -0.3 is 10.1 Å². The Hall–Kier alpha value is -0.120. The highest BCUT2D eigenvalue weighted by molar-refractivity contribution is 4.93. The molecule has 2 fully saturated rings. The average molecular weight is 212 g/mol. The van der Waals surface area contributed by atoms with Crippen molar-refractivity contribution in [3.8, 4) is 0 Å². The normalized spacial score (nSPS) is 31.4. The van der Waals surface area contributed by atoms with Crippen LogP contribution in [-0.2, 0) is 4.74 Å². The maximum absolute atomic E-state index is 5.62. The Kier molecular flexibility index (Phi) is 4.00. The van der Waals surface area contributed by atoms with Crippen LogP contribution in [0, 0.1) is 11.8 Å². The molecule has 0 aromatic carbocycles. The van der Waals surface area contributed by atoms with Crippen molar-refractivity contribution in [3.63, 3.8) is 0 Å². The minimum atomic E-state index is 0.657. The molecule has 0 bridgehead atoms. The van der Waals surface area contributed by atoms with Crippen LogP contribution in [0.2, 0.25) is 0 Å². The first-order valence-electron chi connectivity index (χ1n) is 6.29. The van der Waals surface area contributed by atoms with E-state index in [2.05, 4.69) is 24.1 Å². The van der Waals surface area contributed by atoms with Crippen molar-refractivity contribution >= 4 is 0 Å². The fraction of sp³-hybridized carbons (Fsp3) is 1.00. The Labute approximate surface area is 93.2 Å². The Bertz CT molecular complexity index is 184. The van der Waals surface area contributed by atoms with Gasteiger partial charge in [0.1, 0.15) is 0 Å². The van der Waals surface area contributed by atoms with E-state index >= 15 is 0 Å². The van der Waals surface area contributed by atoms with Gasteiger partial charge in [0.15, 0.2) is 0 Å². The van der Waals surface area contributed by atoms with Gasteiger partial charge in [0, 0.05) is 32.3 Å². The first kappa shape index (κ1) is 11.4. The number of fused-ring (bicyclic) bond motifs is 1. The summed E-state index contributed by atoms with van der Waals surface area (Å²) in [6.45, 7) is 11.1. The second-order valence-corrected chi connectivity index (χ2v) is 5.34. The molecule has 3 nitrogen and oxygen atoms in total. The summed E-state index contributed by atoms with van der Waals surface area (Å²) in [5, 5.41) is 3.57. The third-order valence-corrected chi connectivity index (χ3v) is 3.44. The number of rotatable bonds is 5. The zero-order valence-electron chi connectivity index (χ0n) is 10.0. The molecule has 2 aliphatic heterocycles. The number of ether oxygens (including phenoxy) is 1. The summed E-state index contributed by atoms with van der Waals surface area (Å²) in [4.78, 5) is 2.54. The Balaban J connectivity index is 1.57. The van der Waals surface area contributed by atoms with Crippen molar-refractivity contribution in [2.45, 2.75) is 26.3 Å². The summed E-state index contributed by atoms with van der Waals surface area (Å²) in [5.74, 6) is 1.57. The van der Waals surface area contributed by atoms with Crippen LogP contribution < -0.4 is 5.32 Å². The molecule has 0 unspecified atom stereocenters. The molecule has 2 heterocycles. The Morgan fingerprint density at radius 1 is 1.40 bits per heavy atom. The topological polar surface area (TPSA) is 24.5 Å². The van der Waals surface area contributed by atoms with Crippen LogP contribution in [0.3, 0.4) is 0 Å². The van der Waals surface area contributed by atoms with Gasteiger partial charge in [-0.3, -0.25) is 4.90 Å². The highest BCUT2D eigenvalue weighted by Crippen LogP contribution is 2.23. The first-order valence-corrected chi connectivity index (χ1v) is 6.29. The van der Waals surface area contributed by atoms with E-state index in [4.69, 9.17) is 4.74 Å². The predicted octanol–water partition coefficient (Wildman–Crippen LogP) is 0.953. The third kappa shape index (κ3) is 3.16. The summed E-state index contributed by atoms with van der Waals surface area (Å²) < 4.78 is 5.62. The summed E-state index contributed by atoms with van der Waals surface area (Å²) in [6.07, 6.45) is 1.37. The van der Waals surface area contributed by atoms with Gasteiger partial charge in [-0.1, -0.05) is 13.8 Å². The molecule has 0 radical (unpaired) electrons. The molecule has 88 valence electrons. The van der Waals surface area contributed by atoms with Crippen LogP contribution in [-0.4, -0.2) is 50.3 Å². The van der Waals surface area contributed by atoms with E-state index in [-0.39, 0.29) is 0 Å². The quantitative estimate of drug-likeness (QED) is 0.687. The lowest BCUT2D eigenvalue weighted by Gasteiger charge is -2.17. The maximum Gasteiger partial charge on any atom is 0.0593 e. The fourth-order valence-corrected chi connectivity index (χ4v) is 2.63. The van der Waals surface area contributed by atoms with E-state index in [9.17, 15) is 0 Å². The Morgan fingerprint density at radius 2 is 2.27 bits per heavy atom. The van der Waals surface area contributed by atoms with Crippen LogP contribution in [0.5, 0.6) is 0 Å². The van der Waals surface area contributed by atoms with Crippen molar-refractivity contribution in [3.05, 3.63) is 0 Å². The van der Waals surface area contributed by atoms with Crippen LogP contribution in [0.25, 0.3) is 0 Å². The molecule has 0 amide bonds. The van der Waals surface area contributed by atoms with Crippen molar-refractivity contribution in [1.29, 1.82) is 0 Å². The second kappa shape index (κ2) is 5.28. The minimum Gasteiger partial charge on any atom is -0.380 e. The SMILES string of the molecule is CC(C)COCCN1C[C@@H]2CCN[C@@H]2C1. The highest BCUT2D eigenvalue weighted by atomic mass is 16.5. The molecule has 0 aliphatic carbocycles. The largest absolute Gasteiger partial charge is 0.380 e. The number of likely N-dealkylation sites (tertiary alicyclic amines) is 1. The summed E-state index contributed by atoms with van der Waals surface area (Å²) in [5.41, 5.74) is 0. The van der Waals surface area contributed by atoms with E-state index in [0.717, 1.165) is 31.7 Å². The molecule has 2 atom stereocenters. The molecule has 0 saturated carbocycles. The van der Waals surface area contributed by atoms with Crippen molar-refractivity contribution in [2.24, 2.45) is 11.8 Å². The molecular weight excluding hydrogens is 188 g/mol. The summed E-state index contributed by atoms with van der Waals surface area (Å²) in [7, 11) is 0. The lowest BCUT2D eigenvalue weighted by Crippen LogP contribution is -2.32. The molecule has 0 aromatic rings. The standard InChI is InChI=1S/C12H24N2O/c1-10(2)9-15-6-5-14-7-11-3-4-13-12(11)8-14/h10-13H,3-9H2,1-2H3/t11-,12+/m0/s1. The number of nitrogens with zero attached hydrogens (tertiary/aromatic N) is 1. The monoisotopic (exact) mass is 212 g/mol. The summed E-state index contributed by atoms with van der Waals surface area (Å²) >= 11 is 0. The lowest BCUT2D eigenvalue weighted by atomic mass is 10.1. The van der Waals surface area contributed by atoms with Crippen molar-refractivity contribution < 1.29 is 4.74 Å². The van der Waals surface area contributed by atoms with E-state index in [1.165, 1.54) is 26.1 Å². The van der Waals surface area contributed by atoms with E-state index in [1.54, 1.807) is 0 Å². The number of nitrogens with one attached hydrogen (secondary N) is 1. The molecule has 0 aromatic heterocycles. The number of hydrogen-bond donors (Lipinski definition) is 1. The molecule has 2 rings (SSSR count). The van der Waals surface area contributed by atoms with Gasteiger partial charge in [-0.2, -0.15) is 0 Å². The van der Waals surface area contributed by atoms with E-state index in [1.807, 2.05) is 0 Å². The van der Waals surface area contributed by atoms with Crippen LogP contribution in [0.15, 0.2) is 0 Å². The third-order valence-electron chi connectivity index (χ3n) is 3.44. The average Bonchev–Trinajstić information content (AvgIpc) is 2.71. The van der Waals surface area contributed by atoms with Gasteiger partial charge >= 0.3 is 0 Å². The molecular formula is C12H24N2O. The zero-order chi connectivity index (χ0) is 10.7. The van der Waals surface area contributed by atoms with Crippen LogP contribution >= 0.6 is 0 Å². The summed E-state index contributed by atoms with van der Waals surface area (Å²) in [6, 6.07) is 0.773. The van der Waals surface area contributed by atoms with Gasteiger partial charge in [-0.25, -0.2) is 0 Å². The fourth-order valence-electron chi connectivity index (χ4n) is 2.63. The minimum absolute atomic E-state index is 0.657. The maximum atomic E-state index is 5.62. The van der Waals surface area contributed by atoms with Crippen molar-refractivity contribution in [1.82, 2.24) is 10.2 Å². The zero-order valence-corrected chi connectivity index (χ0v) is 10.0. The smallest absolute Gasteiger partial charge is 0.0593 e. The molecule has 1 N–H and O–H groups in total. The molecule has 15 heavy (non-hydrogen) atoms. The highest BCUT2D eigenvalue weighted by Gasteiger charge is 2.35. The molecule has 2 aliphatic rings. The van der Waals surface area contributed by atoms with Gasteiger partial charge in [0.05, 0.1) is 6.61 Å². The molecule has 3 heteroatoms.